The van der Waals surface area contributed by atoms with Crippen molar-refractivity contribution in [3.63, 3.8) is 0 Å². The molecular formula is C24H23N3O3. The van der Waals surface area contributed by atoms with Crippen LogP contribution in [0.5, 0.6) is 11.5 Å². The number of aromatic nitrogens is 2. The lowest BCUT2D eigenvalue weighted by molar-refractivity contribution is 0.102. The molecule has 1 amide bonds. The van der Waals surface area contributed by atoms with Crippen LogP contribution in [0.1, 0.15) is 21.6 Å². The number of fused-ring (bicyclic) bond motifs is 1. The number of amides is 1. The van der Waals surface area contributed by atoms with Crippen LogP contribution in [0.2, 0.25) is 0 Å². The Bertz CT molecular complexity index is 1230. The van der Waals surface area contributed by atoms with Gasteiger partial charge in [-0.2, -0.15) is 0 Å². The minimum Gasteiger partial charge on any atom is -0.493 e. The zero-order chi connectivity index (χ0) is 21.3. The number of carbonyl (C=O) groups is 1. The summed E-state index contributed by atoms with van der Waals surface area (Å²) in [7, 11) is 3.14. The third kappa shape index (κ3) is 3.59. The average Bonchev–Trinajstić information content (AvgIpc) is 3.12. The highest BCUT2D eigenvalue weighted by Crippen LogP contribution is 2.31. The van der Waals surface area contributed by atoms with E-state index >= 15 is 0 Å². The van der Waals surface area contributed by atoms with Crippen LogP contribution < -0.4 is 14.8 Å². The Morgan fingerprint density at radius 1 is 0.900 bits per heavy atom. The van der Waals surface area contributed by atoms with Crippen LogP contribution >= 0.6 is 0 Å². The zero-order valence-corrected chi connectivity index (χ0v) is 17.4. The highest BCUT2D eigenvalue weighted by molar-refractivity contribution is 6.07. The summed E-state index contributed by atoms with van der Waals surface area (Å²) in [5.41, 5.74) is 5.51. The molecule has 1 N–H and O–H groups in total. The molecule has 30 heavy (non-hydrogen) atoms. The average molecular weight is 401 g/mol. The van der Waals surface area contributed by atoms with Crippen molar-refractivity contribution in [2.75, 3.05) is 19.5 Å². The number of methoxy groups -OCH3 is 2. The van der Waals surface area contributed by atoms with Crippen LogP contribution in [-0.2, 0) is 0 Å². The summed E-state index contributed by atoms with van der Waals surface area (Å²) in [5, 5.41) is 2.97. The number of pyridine rings is 1. The van der Waals surface area contributed by atoms with Crippen molar-refractivity contribution < 1.29 is 14.3 Å². The number of nitrogens with one attached hydrogen (secondary N) is 1. The predicted molar refractivity (Wildman–Crippen MR) is 118 cm³/mol. The first-order valence-corrected chi connectivity index (χ1v) is 9.59. The van der Waals surface area contributed by atoms with Gasteiger partial charge in [-0.1, -0.05) is 35.9 Å². The minimum absolute atomic E-state index is 0.254. The number of ether oxygens (including phenoxy) is 2. The lowest BCUT2D eigenvalue weighted by Crippen LogP contribution is -2.15. The van der Waals surface area contributed by atoms with Gasteiger partial charge >= 0.3 is 0 Å². The van der Waals surface area contributed by atoms with E-state index in [4.69, 9.17) is 14.5 Å². The number of hydrogen-bond acceptors (Lipinski definition) is 4. The van der Waals surface area contributed by atoms with Gasteiger partial charge < -0.3 is 14.8 Å². The van der Waals surface area contributed by atoms with Gasteiger partial charge in [0, 0.05) is 23.5 Å². The number of aryl methyl sites for hydroxylation is 2. The molecule has 6 heteroatoms. The van der Waals surface area contributed by atoms with Gasteiger partial charge in [0.05, 0.1) is 14.2 Å². The van der Waals surface area contributed by atoms with Crippen LogP contribution in [0.15, 0.2) is 60.8 Å². The van der Waals surface area contributed by atoms with E-state index in [1.54, 1.807) is 32.4 Å². The topological polar surface area (TPSA) is 64.9 Å². The SMILES string of the molecule is COc1ccc(NC(=O)c2c(-c3ccc(C)cc3)nc3ccc(C)cn23)cc1OC. The number of nitrogens with zero attached hydrogens (tertiary/aromatic N) is 2. The normalized spacial score (nSPS) is 10.8. The molecule has 0 bridgehead atoms. The van der Waals surface area contributed by atoms with Crippen LogP contribution in [-0.4, -0.2) is 29.5 Å². The lowest BCUT2D eigenvalue weighted by Gasteiger charge is -2.11. The molecule has 2 aromatic carbocycles. The van der Waals surface area contributed by atoms with Crippen molar-refractivity contribution in [1.29, 1.82) is 0 Å². The van der Waals surface area contributed by atoms with Crippen molar-refractivity contribution in [1.82, 2.24) is 9.38 Å². The fourth-order valence-electron chi connectivity index (χ4n) is 3.38. The van der Waals surface area contributed by atoms with Crippen LogP contribution in [0.4, 0.5) is 5.69 Å². The van der Waals surface area contributed by atoms with Gasteiger partial charge in [0.25, 0.3) is 5.91 Å². The summed E-state index contributed by atoms with van der Waals surface area (Å²) in [6, 6.07) is 17.2. The monoisotopic (exact) mass is 401 g/mol. The maximum atomic E-state index is 13.4. The number of rotatable bonds is 5. The summed E-state index contributed by atoms with van der Waals surface area (Å²) in [6.07, 6.45) is 1.92. The summed E-state index contributed by atoms with van der Waals surface area (Å²) >= 11 is 0. The molecule has 0 aliphatic rings. The van der Waals surface area contributed by atoms with Crippen molar-refractivity contribution in [2.45, 2.75) is 13.8 Å². The van der Waals surface area contributed by atoms with Gasteiger partial charge in [0.15, 0.2) is 11.5 Å². The first-order valence-electron chi connectivity index (χ1n) is 9.59. The van der Waals surface area contributed by atoms with Gasteiger partial charge in [-0.05, 0) is 37.6 Å². The van der Waals surface area contributed by atoms with Crippen LogP contribution in [0.25, 0.3) is 16.9 Å². The third-order valence-corrected chi connectivity index (χ3v) is 4.95. The second kappa shape index (κ2) is 7.91. The Kier molecular flexibility index (Phi) is 5.14. The minimum atomic E-state index is -0.254. The fraction of sp³-hybridized carbons (Fsp3) is 0.167. The van der Waals surface area contributed by atoms with Crippen molar-refractivity contribution in [3.8, 4) is 22.8 Å². The van der Waals surface area contributed by atoms with E-state index < -0.39 is 0 Å². The molecule has 0 aliphatic carbocycles. The molecule has 0 spiro atoms. The highest BCUT2D eigenvalue weighted by atomic mass is 16.5. The summed E-state index contributed by atoms with van der Waals surface area (Å²) in [4.78, 5) is 18.1. The van der Waals surface area contributed by atoms with Crippen molar-refractivity contribution in [2.24, 2.45) is 0 Å². The molecule has 4 rings (SSSR count). The van der Waals surface area contributed by atoms with E-state index in [1.807, 2.05) is 60.8 Å². The van der Waals surface area contributed by atoms with Gasteiger partial charge in [0.1, 0.15) is 17.0 Å². The Labute approximate surface area is 175 Å². The largest absolute Gasteiger partial charge is 0.493 e. The maximum absolute atomic E-state index is 13.4. The first kappa shape index (κ1) is 19.5. The molecule has 6 nitrogen and oxygen atoms in total. The van der Waals surface area contributed by atoms with Crippen LogP contribution in [0.3, 0.4) is 0 Å². The fourth-order valence-corrected chi connectivity index (χ4v) is 3.38. The lowest BCUT2D eigenvalue weighted by atomic mass is 10.1. The molecule has 2 aromatic heterocycles. The van der Waals surface area contributed by atoms with Crippen LogP contribution in [0, 0.1) is 13.8 Å². The molecule has 152 valence electrons. The zero-order valence-electron chi connectivity index (χ0n) is 17.4. The van der Waals surface area contributed by atoms with E-state index in [2.05, 4.69) is 5.32 Å². The molecule has 0 saturated carbocycles. The van der Waals surface area contributed by atoms with Gasteiger partial charge in [-0.25, -0.2) is 4.98 Å². The quantitative estimate of drug-likeness (QED) is 0.517. The number of carbonyl (C=O) groups excluding carboxylic acids is 1. The standard InChI is InChI=1S/C24H23N3O3/c1-15-5-8-17(9-6-15)22-23(27-14-16(2)7-12-21(27)26-22)24(28)25-18-10-11-19(29-3)20(13-18)30-4/h5-14H,1-4H3,(H,25,28). The first-order chi connectivity index (χ1) is 14.5. The second-order valence-corrected chi connectivity index (χ2v) is 7.13. The third-order valence-electron chi connectivity index (χ3n) is 4.95. The summed E-state index contributed by atoms with van der Waals surface area (Å²) < 4.78 is 12.5. The Morgan fingerprint density at radius 3 is 2.30 bits per heavy atom. The molecule has 0 radical (unpaired) electrons. The molecule has 4 aromatic rings. The summed E-state index contributed by atoms with van der Waals surface area (Å²) in [6.45, 7) is 4.02. The second-order valence-electron chi connectivity index (χ2n) is 7.13. The predicted octanol–water partition coefficient (Wildman–Crippen LogP) is 4.89. The molecule has 0 aliphatic heterocycles. The van der Waals surface area contributed by atoms with Gasteiger partial charge in [0.2, 0.25) is 0 Å². The molecule has 0 saturated heterocycles. The Balaban J connectivity index is 1.80. The Hall–Kier alpha value is -3.80. The van der Waals surface area contributed by atoms with E-state index in [9.17, 15) is 4.79 Å². The van der Waals surface area contributed by atoms with Gasteiger partial charge in [-0.3, -0.25) is 9.20 Å². The molecular weight excluding hydrogens is 378 g/mol. The van der Waals surface area contributed by atoms with E-state index in [-0.39, 0.29) is 5.91 Å². The Morgan fingerprint density at radius 2 is 1.60 bits per heavy atom. The van der Waals surface area contributed by atoms with Crippen molar-refractivity contribution >= 4 is 17.2 Å². The number of hydrogen-bond donors (Lipinski definition) is 1. The van der Waals surface area contributed by atoms with E-state index in [1.165, 1.54) is 0 Å². The van der Waals surface area contributed by atoms with Gasteiger partial charge in [-0.15, -0.1) is 0 Å². The molecule has 0 atom stereocenters. The van der Waals surface area contributed by atoms with Crippen molar-refractivity contribution in [3.05, 3.63) is 77.6 Å². The number of benzene rings is 2. The van der Waals surface area contributed by atoms with E-state index in [0.717, 1.165) is 16.7 Å². The smallest absolute Gasteiger partial charge is 0.274 e. The highest BCUT2D eigenvalue weighted by Gasteiger charge is 2.21. The molecule has 0 unspecified atom stereocenters. The maximum Gasteiger partial charge on any atom is 0.274 e. The molecule has 0 fully saturated rings. The number of anilines is 1. The summed E-state index contributed by atoms with van der Waals surface area (Å²) in [5.74, 6) is 0.889. The molecule has 2 heterocycles. The number of imidazole rings is 1. The van der Waals surface area contributed by atoms with E-state index in [0.29, 0.717) is 34.2 Å².